The van der Waals surface area contributed by atoms with Crippen molar-refractivity contribution in [3.8, 4) is 0 Å². The molecule has 70 valence electrons. The molecule has 0 spiro atoms. The molecule has 0 aliphatic carbocycles. The van der Waals surface area contributed by atoms with Crippen LogP contribution in [0.15, 0.2) is 0 Å². The standard InChI is InChI=1S/C8H14O3.Al.3H/c1-4-7(3)11-8(10)5-6(2)9;;;;/h7H,4-5H2,1-3H3;;;;. The molecule has 0 aromatic heterocycles. The normalized spacial score (nSPS) is 11.2. The first kappa shape index (κ1) is 14.2. The minimum Gasteiger partial charge on any atom is -0.462 e. The highest BCUT2D eigenvalue weighted by molar-refractivity contribution is 5.94. The molecule has 0 saturated heterocycles. The number of hydrogen-bond donors (Lipinski definition) is 0. The fraction of sp³-hybridized carbons (Fsp3) is 0.750. The molecule has 0 aromatic rings. The molecule has 1 unspecified atom stereocenters. The van der Waals surface area contributed by atoms with Crippen LogP contribution in [0.3, 0.4) is 0 Å². The van der Waals surface area contributed by atoms with E-state index in [1.165, 1.54) is 6.92 Å². The van der Waals surface area contributed by atoms with E-state index in [4.69, 9.17) is 4.74 Å². The first-order valence-corrected chi connectivity index (χ1v) is 3.75. The van der Waals surface area contributed by atoms with E-state index >= 15 is 0 Å². The summed E-state index contributed by atoms with van der Waals surface area (Å²) in [6.07, 6.45) is 0.593. The molecule has 3 nitrogen and oxygen atoms in total. The number of ketones is 1. The molecule has 0 radical (unpaired) electrons. The van der Waals surface area contributed by atoms with Gasteiger partial charge in [0.25, 0.3) is 0 Å². The summed E-state index contributed by atoms with van der Waals surface area (Å²) < 4.78 is 4.85. The maximum Gasteiger partial charge on any atom is 0.313 e. The second-order valence-electron chi connectivity index (χ2n) is 2.59. The van der Waals surface area contributed by atoms with Crippen molar-refractivity contribution < 1.29 is 14.3 Å². The van der Waals surface area contributed by atoms with Crippen LogP contribution in [0.2, 0.25) is 0 Å². The van der Waals surface area contributed by atoms with Gasteiger partial charge in [-0.15, -0.1) is 0 Å². The van der Waals surface area contributed by atoms with Crippen LogP contribution in [0.25, 0.3) is 0 Å². The van der Waals surface area contributed by atoms with E-state index in [1.807, 2.05) is 6.92 Å². The van der Waals surface area contributed by atoms with E-state index < -0.39 is 5.97 Å². The van der Waals surface area contributed by atoms with Gasteiger partial charge in [0.15, 0.2) is 17.4 Å². The maximum atomic E-state index is 10.8. The zero-order valence-electron chi connectivity index (χ0n) is 7.22. The average molecular weight is 188 g/mol. The van der Waals surface area contributed by atoms with Crippen LogP contribution in [0.1, 0.15) is 33.6 Å². The van der Waals surface area contributed by atoms with E-state index in [2.05, 4.69) is 0 Å². The quantitative estimate of drug-likeness (QED) is 0.357. The highest BCUT2D eigenvalue weighted by atomic mass is 27.0. The van der Waals surface area contributed by atoms with Gasteiger partial charge in [0, 0.05) is 0 Å². The summed E-state index contributed by atoms with van der Waals surface area (Å²) in [5, 5.41) is 0. The van der Waals surface area contributed by atoms with Crippen molar-refractivity contribution >= 4 is 29.1 Å². The predicted molar refractivity (Wildman–Crippen MR) is 51.1 cm³/mol. The second kappa shape index (κ2) is 7.33. The lowest BCUT2D eigenvalue weighted by Crippen LogP contribution is -2.15. The maximum absolute atomic E-state index is 10.8. The van der Waals surface area contributed by atoms with Crippen LogP contribution >= 0.6 is 0 Å². The highest BCUT2D eigenvalue weighted by Crippen LogP contribution is 1.98. The van der Waals surface area contributed by atoms with E-state index in [-0.39, 0.29) is 35.7 Å². The van der Waals surface area contributed by atoms with Crippen molar-refractivity contribution in [3.05, 3.63) is 0 Å². The van der Waals surface area contributed by atoms with Crippen LogP contribution in [0, 0.1) is 0 Å². The molecule has 12 heavy (non-hydrogen) atoms. The third kappa shape index (κ3) is 7.78. The van der Waals surface area contributed by atoms with Gasteiger partial charge in [0.1, 0.15) is 12.2 Å². The Morgan fingerprint density at radius 2 is 1.92 bits per heavy atom. The molecular weight excluding hydrogens is 171 g/mol. The lowest BCUT2D eigenvalue weighted by molar-refractivity contribution is -0.149. The largest absolute Gasteiger partial charge is 0.462 e. The molecule has 0 heterocycles. The Balaban J connectivity index is 0. The summed E-state index contributed by atoms with van der Waals surface area (Å²) in [6, 6.07) is 0. The monoisotopic (exact) mass is 188 g/mol. The summed E-state index contributed by atoms with van der Waals surface area (Å²) in [7, 11) is 0. The fourth-order valence-corrected chi connectivity index (χ4v) is 0.553. The lowest BCUT2D eigenvalue weighted by atomic mass is 10.3. The third-order valence-corrected chi connectivity index (χ3v) is 1.30. The Morgan fingerprint density at radius 3 is 2.25 bits per heavy atom. The van der Waals surface area contributed by atoms with Crippen molar-refractivity contribution in [1.82, 2.24) is 0 Å². The number of esters is 1. The number of Topliss-reactive ketones (excluding diaryl/α,β-unsaturated/α-hetero) is 1. The second-order valence-corrected chi connectivity index (χ2v) is 2.59. The molecule has 0 aliphatic heterocycles. The summed E-state index contributed by atoms with van der Waals surface area (Å²) in [4.78, 5) is 21.2. The van der Waals surface area contributed by atoms with Gasteiger partial charge in [0.05, 0.1) is 6.10 Å². The van der Waals surface area contributed by atoms with Crippen molar-refractivity contribution in [3.63, 3.8) is 0 Å². The minimum atomic E-state index is -0.424. The topological polar surface area (TPSA) is 43.4 Å². The van der Waals surface area contributed by atoms with E-state index in [1.54, 1.807) is 6.92 Å². The van der Waals surface area contributed by atoms with Crippen LogP contribution < -0.4 is 0 Å². The average Bonchev–Trinajstić information content (AvgIpc) is 1.85. The summed E-state index contributed by atoms with van der Waals surface area (Å²) >= 11 is 0. The van der Waals surface area contributed by atoms with E-state index in [0.29, 0.717) is 0 Å². The Kier molecular flexibility index (Phi) is 8.68. The van der Waals surface area contributed by atoms with Gasteiger partial charge in [-0.3, -0.25) is 9.59 Å². The molecule has 0 fully saturated rings. The molecule has 0 N–H and O–H groups in total. The summed E-state index contributed by atoms with van der Waals surface area (Å²) in [5.41, 5.74) is 0. The molecule has 0 saturated carbocycles. The van der Waals surface area contributed by atoms with Crippen molar-refractivity contribution in [2.45, 2.75) is 39.7 Å². The van der Waals surface area contributed by atoms with E-state index in [9.17, 15) is 9.59 Å². The number of ether oxygens (including phenoxy) is 1. The Hall–Kier alpha value is -0.328. The molecule has 0 aromatic carbocycles. The first-order chi connectivity index (χ1) is 5.06. The van der Waals surface area contributed by atoms with Crippen LogP contribution in [-0.4, -0.2) is 35.2 Å². The van der Waals surface area contributed by atoms with Gasteiger partial charge in [-0.25, -0.2) is 0 Å². The molecule has 0 amide bonds. The van der Waals surface area contributed by atoms with Crippen molar-refractivity contribution in [2.24, 2.45) is 0 Å². The molecule has 0 rings (SSSR count). The SMILES string of the molecule is CCC(C)OC(=O)CC(C)=O.[AlH3]. The van der Waals surface area contributed by atoms with Crippen LogP contribution in [0.5, 0.6) is 0 Å². The van der Waals surface area contributed by atoms with E-state index in [0.717, 1.165) is 6.42 Å². The Labute approximate surface area is 83.6 Å². The van der Waals surface area contributed by atoms with Crippen LogP contribution in [-0.2, 0) is 14.3 Å². The van der Waals surface area contributed by atoms with Crippen molar-refractivity contribution in [2.75, 3.05) is 0 Å². The number of carbonyl (C=O) groups is 2. The van der Waals surface area contributed by atoms with Gasteiger partial charge in [-0.1, -0.05) is 6.92 Å². The van der Waals surface area contributed by atoms with Gasteiger partial charge in [-0.2, -0.15) is 0 Å². The lowest BCUT2D eigenvalue weighted by Gasteiger charge is -2.08. The van der Waals surface area contributed by atoms with Gasteiger partial charge < -0.3 is 4.74 Å². The fourth-order valence-electron chi connectivity index (χ4n) is 0.553. The number of carbonyl (C=O) groups excluding carboxylic acids is 2. The molecule has 0 aliphatic rings. The number of hydrogen-bond acceptors (Lipinski definition) is 3. The van der Waals surface area contributed by atoms with Crippen LogP contribution in [0.4, 0.5) is 0 Å². The van der Waals surface area contributed by atoms with Gasteiger partial charge in [0.2, 0.25) is 0 Å². The zero-order valence-corrected chi connectivity index (χ0v) is 7.22. The molecule has 1 atom stereocenters. The Bertz CT molecular complexity index is 156. The Morgan fingerprint density at radius 1 is 1.42 bits per heavy atom. The number of rotatable bonds is 4. The molecule has 0 bridgehead atoms. The molecular formula is C8H17AlO3. The van der Waals surface area contributed by atoms with Gasteiger partial charge >= 0.3 is 5.97 Å². The molecule has 4 heteroatoms. The smallest absolute Gasteiger partial charge is 0.313 e. The van der Waals surface area contributed by atoms with Crippen molar-refractivity contribution in [1.29, 1.82) is 0 Å². The first-order valence-electron chi connectivity index (χ1n) is 3.75. The van der Waals surface area contributed by atoms with Gasteiger partial charge in [-0.05, 0) is 20.3 Å². The minimum absolute atomic E-state index is 0. The summed E-state index contributed by atoms with van der Waals surface area (Å²) in [6.45, 7) is 5.10. The predicted octanol–water partition coefficient (Wildman–Crippen LogP) is 0.123. The highest BCUT2D eigenvalue weighted by Gasteiger charge is 2.09. The summed E-state index contributed by atoms with van der Waals surface area (Å²) in [5.74, 6) is -0.579. The zero-order chi connectivity index (χ0) is 8.85. The third-order valence-electron chi connectivity index (χ3n) is 1.30.